The lowest BCUT2D eigenvalue weighted by Gasteiger charge is -2.09. The van der Waals surface area contributed by atoms with Gasteiger partial charge in [0.25, 0.3) is 5.91 Å². The van der Waals surface area contributed by atoms with E-state index in [1.54, 1.807) is 61.7 Å². The first-order valence-electron chi connectivity index (χ1n) is 11.5. The highest BCUT2D eigenvalue weighted by molar-refractivity contribution is 6.04. The van der Waals surface area contributed by atoms with Gasteiger partial charge in [-0.1, -0.05) is 12.1 Å². The minimum atomic E-state index is -0.290. The van der Waals surface area contributed by atoms with Gasteiger partial charge in [0.1, 0.15) is 11.5 Å². The maximum absolute atomic E-state index is 12.5. The molecule has 3 amide bonds. The van der Waals surface area contributed by atoms with Gasteiger partial charge in [-0.3, -0.25) is 14.4 Å². The molecule has 0 unspecified atom stereocenters. The Balaban J connectivity index is 1.40. The molecule has 3 aromatic rings. The SMILES string of the molecule is CCOc1ccc(NC(=O)c2ccc(NC(=O)CCNC(=O)C=Cc3ccc(OC)cc3)cc2)cc1. The average Bonchev–Trinajstić information content (AvgIpc) is 2.89. The number of amides is 3. The van der Waals surface area contributed by atoms with Gasteiger partial charge in [0, 0.05) is 36.0 Å². The Hall–Kier alpha value is -4.59. The number of nitrogens with one attached hydrogen (secondary N) is 3. The van der Waals surface area contributed by atoms with E-state index in [1.807, 2.05) is 31.2 Å². The molecule has 0 heterocycles. The first kappa shape index (κ1) is 26.0. The van der Waals surface area contributed by atoms with Gasteiger partial charge in [-0.05, 0) is 79.2 Å². The monoisotopic (exact) mass is 487 g/mol. The summed E-state index contributed by atoms with van der Waals surface area (Å²) in [5.74, 6) is 0.676. The van der Waals surface area contributed by atoms with Crippen molar-refractivity contribution in [3.8, 4) is 11.5 Å². The Morgan fingerprint density at radius 2 is 1.42 bits per heavy atom. The fourth-order valence-electron chi connectivity index (χ4n) is 3.18. The van der Waals surface area contributed by atoms with Gasteiger partial charge in [0.15, 0.2) is 0 Å². The van der Waals surface area contributed by atoms with Crippen molar-refractivity contribution in [1.82, 2.24) is 5.32 Å². The summed E-state index contributed by atoms with van der Waals surface area (Å²) in [6.45, 7) is 2.68. The number of hydrogen-bond acceptors (Lipinski definition) is 5. The van der Waals surface area contributed by atoms with Crippen molar-refractivity contribution in [2.45, 2.75) is 13.3 Å². The van der Waals surface area contributed by atoms with Crippen LogP contribution in [0.2, 0.25) is 0 Å². The number of carbonyl (C=O) groups excluding carboxylic acids is 3. The van der Waals surface area contributed by atoms with Crippen LogP contribution in [0.3, 0.4) is 0 Å². The number of rotatable bonds is 11. The van der Waals surface area contributed by atoms with Crippen molar-refractivity contribution in [2.24, 2.45) is 0 Å². The van der Waals surface area contributed by atoms with Gasteiger partial charge in [0.05, 0.1) is 13.7 Å². The second kappa shape index (κ2) is 13.3. The van der Waals surface area contributed by atoms with Crippen molar-refractivity contribution >= 4 is 35.2 Å². The van der Waals surface area contributed by atoms with Gasteiger partial charge in [-0.25, -0.2) is 0 Å². The smallest absolute Gasteiger partial charge is 0.255 e. The van der Waals surface area contributed by atoms with Crippen LogP contribution in [-0.4, -0.2) is 38.0 Å². The highest BCUT2D eigenvalue weighted by Gasteiger charge is 2.08. The van der Waals surface area contributed by atoms with Crippen molar-refractivity contribution in [1.29, 1.82) is 0 Å². The molecule has 0 aliphatic carbocycles. The van der Waals surface area contributed by atoms with Gasteiger partial charge in [-0.15, -0.1) is 0 Å². The van der Waals surface area contributed by atoms with Crippen molar-refractivity contribution in [2.75, 3.05) is 30.9 Å². The lowest BCUT2D eigenvalue weighted by Crippen LogP contribution is -2.26. The summed E-state index contributed by atoms with van der Waals surface area (Å²) in [6, 6.07) is 21.0. The molecular formula is C28H29N3O5. The molecule has 0 radical (unpaired) electrons. The highest BCUT2D eigenvalue weighted by atomic mass is 16.5. The van der Waals surface area contributed by atoms with Crippen LogP contribution in [-0.2, 0) is 9.59 Å². The van der Waals surface area contributed by atoms with Crippen LogP contribution in [0.1, 0.15) is 29.3 Å². The first-order valence-corrected chi connectivity index (χ1v) is 11.5. The first-order chi connectivity index (χ1) is 17.5. The molecule has 3 rings (SSSR count). The van der Waals surface area contributed by atoms with Crippen molar-refractivity contribution in [3.63, 3.8) is 0 Å². The molecule has 0 aromatic heterocycles. The Kier molecular flexibility index (Phi) is 9.64. The molecule has 0 fully saturated rings. The van der Waals surface area contributed by atoms with Gasteiger partial charge in [0.2, 0.25) is 11.8 Å². The predicted octanol–water partition coefficient (Wildman–Crippen LogP) is 4.50. The summed E-state index contributed by atoms with van der Waals surface area (Å²) in [5.41, 5.74) is 2.53. The second-order valence-corrected chi connectivity index (χ2v) is 7.68. The van der Waals surface area contributed by atoms with E-state index in [0.29, 0.717) is 23.5 Å². The molecule has 36 heavy (non-hydrogen) atoms. The van der Waals surface area contributed by atoms with E-state index in [9.17, 15) is 14.4 Å². The van der Waals surface area contributed by atoms with Gasteiger partial charge < -0.3 is 25.4 Å². The molecule has 3 N–H and O–H groups in total. The summed E-state index contributed by atoms with van der Waals surface area (Å²) < 4.78 is 10.5. The minimum Gasteiger partial charge on any atom is -0.497 e. The number of methoxy groups -OCH3 is 1. The molecule has 0 aliphatic heterocycles. The van der Waals surface area contributed by atoms with E-state index in [0.717, 1.165) is 17.1 Å². The minimum absolute atomic E-state index is 0.113. The zero-order valence-electron chi connectivity index (χ0n) is 20.2. The van der Waals surface area contributed by atoms with Crippen LogP contribution >= 0.6 is 0 Å². The zero-order valence-corrected chi connectivity index (χ0v) is 20.2. The lowest BCUT2D eigenvalue weighted by atomic mass is 10.2. The zero-order chi connectivity index (χ0) is 25.8. The maximum Gasteiger partial charge on any atom is 0.255 e. The maximum atomic E-state index is 12.5. The van der Waals surface area contributed by atoms with E-state index in [2.05, 4.69) is 16.0 Å². The topological polar surface area (TPSA) is 106 Å². The Bertz CT molecular complexity index is 1190. The predicted molar refractivity (Wildman–Crippen MR) is 140 cm³/mol. The number of benzene rings is 3. The average molecular weight is 488 g/mol. The Labute approximate surface area is 210 Å². The van der Waals surface area contributed by atoms with E-state index in [4.69, 9.17) is 9.47 Å². The van der Waals surface area contributed by atoms with E-state index < -0.39 is 0 Å². The molecule has 0 bridgehead atoms. The highest BCUT2D eigenvalue weighted by Crippen LogP contribution is 2.17. The van der Waals surface area contributed by atoms with Crippen LogP contribution in [0, 0.1) is 0 Å². The summed E-state index contributed by atoms with van der Waals surface area (Å²) in [7, 11) is 1.59. The molecule has 0 saturated heterocycles. The molecule has 8 nitrogen and oxygen atoms in total. The largest absolute Gasteiger partial charge is 0.497 e. The quantitative estimate of drug-likeness (QED) is 0.345. The Morgan fingerprint density at radius 3 is 2.06 bits per heavy atom. The molecular weight excluding hydrogens is 458 g/mol. The van der Waals surface area contributed by atoms with Crippen LogP contribution in [0.25, 0.3) is 6.08 Å². The molecule has 3 aromatic carbocycles. The summed E-state index contributed by atoms with van der Waals surface area (Å²) in [6.07, 6.45) is 3.21. The molecule has 0 saturated carbocycles. The number of anilines is 2. The summed E-state index contributed by atoms with van der Waals surface area (Å²) in [5, 5.41) is 8.25. The Morgan fingerprint density at radius 1 is 0.806 bits per heavy atom. The fourth-order valence-corrected chi connectivity index (χ4v) is 3.18. The van der Waals surface area contributed by atoms with Crippen molar-refractivity contribution in [3.05, 3.63) is 90.0 Å². The van der Waals surface area contributed by atoms with Gasteiger partial charge in [-0.2, -0.15) is 0 Å². The normalized spacial score (nSPS) is 10.5. The summed E-state index contributed by atoms with van der Waals surface area (Å²) in [4.78, 5) is 36.6. The van der Waals surface area contributed by atoms with Crippen LogP contribution in [0.15, 0.2) is 78.9 Å². The number of hydrogen-bond donors (Lipinski definition) is 3. The fraction of sp³-hybridized carbons (Fsp3) is 0.179. The lowest BCUT2D eigenvalue weighted by molar-refractivity contribution is -0.117. The third-order valence-corrected chi connectivity index (χ3v) is 5.05. The second-order valence-electron chi connectivity index (χ2n) is 7.68. The van der Waals surface area contributed by atoms with Crippen LogP contribution in [0.5, 0.6) is 11.5 Å². The third kappa shape index (κ3) is 8.32. The van der Waals surface area contributed by atoms with Crippen molar-refractivity contribution < 1.29 is 23.9 Å². The number of ether oxygens (including phenoxy) is 2. The molecule has 0 atom stereocenters. The van der Waals surface area contributed by atoms with E-state index in [1.165, 1.54) is 6.08 Å². The van der Waals surface area contributed by atoms with Crippen LogP contribution < -0.4 is 25.4 Å². The molecule has 0 spiro atoms. The van der Waals surface area contributed by atoms with E-state index in [-0.39, 0.29) is 30.7 Å². The number of carbonyl (C=O) groups is 3. The van der Waals surface area contributed by atoms with E-state index >= 15 is 0 Å². The molecule has 186 valence electrons. The molecule has 8 heteroatoms. The van der Waals surface area contributed by atoms with Gasteiger partial charge >= 0.3 is 0 Å². The van der Waals surface area contributed by atoms with Crippen LogP contribution in [0.4, 0.5) is 11.4 Å². The molecule has 0 aliphatic rings. The standard InChI is InChI=1S/C28H29N3O5/c1-3-36-25-15-11-23(12-16-25)31-28(34)21-7-9-22(10-8-21)30-27(33)18-19-29-26(32)17-6-20-4-13-24(35-2)14-5-20/h4-17H,3,18-19H2,1-2H3,(H,29,32)(H,30,33)(H,31,34). The third-order valence-electron chi connectivity index (χ3n) is 5.05. The summed E-state index contributed by atoms with van der Waals surface area (Å²) >= 11 is 0.